The molecule has 1 atom stereocenters. The molecule has 280 valence electrons. The summed E-state index contributed by atoms with van der Waals surface area (Å²) < 4.78 is 122. The molecule has 1 amide bonds. The quantitative estimate of drug-likeness (QED) is 0.0477. The van der Waals surface area contributed by atoms with Gasteiger partial charge in [-0.05, 0) is 54.5 Å². The molecule has 1 aliphatic heterocycles. The third-order valence-electron chi connectivity index (χ3n) is 9.87. The lowest BCUT2D eigenvalue weighted by Crippen LogP contribution is -2.59. The van der Waals surface area contributed by atoms with Gasteiger partial charge in [-0.15, -0.1) is 0 Å². The van der Waals surface area contributed by atoms with Gasteiger partial charge < -0.3 is 9.64 Å². The van der Waals surface area contributed by atoms with Crippen LogP contribution in [0, 0.1) is 34.9 Å². The fourth-order valence-corrected chi connectivity index (χ4v) is 9.23. The zero-order valence-electron chi connectivity index (χ0n) is 29.1. The number of nitrogens with zero attached hydrogens (tertiary/aromatic N) is 4. The average molecular weight is 767 g/mol. The monoisotopic (exact) mass is 766 g/mol. The Hall–Kier alpha value is -3.73. The van der Waals surface area contributed by atoms with Gasteiger partial charge in [-0.25, -0.2) is 39.4 Å². The number of carbonyl (C=O) groups is 1. The predicted octanol–water partition coefficient (Wildman–Crippen LogP) is 8.23. The summed E-state index contributed by atoms with van der Waals surface area (Å²) in [5, 5.41) is 4.73. The molecule has 1 aliphatic carbocycles. The number of anilines is 1. The van der Waals surface area contributed by atoms with E-state index in [0.29, 0.717) is 33.3 Å². The molecule has 0 bridgehead atoms. The van der Waals surface area contributed by atoms with E-state index in [4.69, 9.17) is 4.74 Å². The standard InChI is InChI=1S/C36H40F6N4O4SSi/c1-52(2,3)16-15-50-21-45-28-18-29(26(37)17-25(28)19-43-45)44(20-22-9-11-24(12-10-22)23-7-5-4-6-8-23)36(47)27-13-14-46(27)51(48,49)35-33(41)31(39)30(38)32(40)34(35)42/h9-12,17-19,23,27H,4-8,13-16,20-21H2,1-3H3. The van der Waals surface area contributed by atoms with Crippen molar-refractivity contribution in [1.82, 2.24) is 14.1 Å². The minimum absolute atomic E-state index is 0.0478. The van der Waals surface area contributed by atoms with Crippen molar-refractivity contribution in [3.63, 3.8) is 0 Å². The highest BCUT2D eigenvalue weighted by molar-refractivity contribution is 7.89. The first-order valence-electron chi connectivity index (χ1n) is 17.2. The van der Waals surface area contributed by atoms with Crippen LogP contribution in [0.5, 0.6) is 0 Å². The number of hydrogen-bond donors (Lipinski definition) is 0. The smallest absolute Gasteiger partial charge is 0.249 e. The summed E-state index contributed by atoms with van der Waals surface area (Å²) in [6.07, 6.45) is 6.84. The largest absolute Gasteiger partial charge is 0.360 e. The predicted molar refractivity (Wildman–Crippen MR) is 186 cm³/mol. The Kier molecular flexibility index (Phi) is 10.9. The Morgan fingerprint density at radius 1 is 0.904 bits per heavy atom. The molecular formula is C36H40F6N4O4SSi. The van der Waals surface area contributed by atoms with Crippen LogP contribution >= 0.6 is 0 Å². The number of sulfonamides is 1. The molecule has 16 heteroatoms. The van der Waals surface area contributed by atoms with E-state index in [1.165, 1.54) is 29.4 Å². The molecule has 2 fully saturated rings. The van der Waals surface area contributed by atoms with Crippen LogP contribution in [0.4, 0.5) is 32.0 Å². The third kappa shape index (κ3) is 7.52. The molecule has 1 saturated carbocycles. The third-order valence-corrected chi connectivity index (χ3v) is 13.5. The Balaban J connectivity index is 1.35. The lowest BCUT2D eigenvalue weighted by Gasteiger charge is -2.41. The van der Waals surface area contributed by atoms with Crippen molar-refractivity contribution in [3.8, 4) is 0 Å². The summed E-state index contributed by atoms with van der Waals surface area (Å²) in [5.41, 5.74) is 1.92. The molecule has 2 aliphatic rings. The normalized spacial score (nSPS) is 17.4. The molecule has 1 unspecified atom stereocenters. The van der Waals surface area contributed by atoms with Gasteiger partial charge in [0.1, 0.15) is 18.6 Å². The van der Waals surface area contributed by atoms with Crippen molar-refractivity contribution < 1.29 is 44.3 Å². The van der Waals surface area contributed by atoms with E-state index in [-0.39, 0.29) is 25.4 Å². The zero-order chi connectivity index (χ0) is 37.5. The van der Waals surface area contributed by atoms with Crippen molar-refractivity contribution in [1.29, 1.82) is 0 Å². The van der Waals surface area contributed by atoms with Crippen LogP contribution in [0.2, 0.25) is 25.7 Å². The first-order valence-corrected chi connectivity index (χ1v) is 22.4. The molecule has 0 radical (unpaired) electrons. The lowest BCUT2D eigenvalue weighted by atomic mass is 9.84. The molecule has 0 N–H and O–H groups in total. The number of aromatic nitrogens is 2. The van der Waals surface area contributed by atoms with Gasteiger partial charge in [0.05, 0.1) is 23.9 Å². The highest BCUT2D eigenvalue weighted by Crippen LogP contribution is 2.37. The van der Waals surface area contributed by atoms with E-state index in [2.05, 4.69) is 24.7 Å². The van der Waals surface area contributed by atoms with Gasteiger partial charge in [0, 0.05) is 26.6 Å². The van der Waals surface area contributed by atoms with Crippen LogP contribution in [0.3, 0.4) is 0 Å². The lowest BCUT2D eigenvalue weighted by molar-refractivity contribution is -0.125. The molecule has 1 aromatic heterocycles. The second-order valence-electron chi connectivity index (χ2n) is 14.7. The Labute approximate surface area is 299 Å². The van der Waals surface area contributed by atoms with E-state index in [9.17, 15) is 35.2 Å². The Morgan fingerprint density at radius 3 is 2.13 bits per heavy atom. The molecule has 8 nitrogen and oxygen atoms in total. The van der Waals surface area contributed by atoms with E-state index >= 15 is 4.39 Å². The van der Waals surface area contributed by atoms with Gasteiger partial charge in [0.2, 0.25) is 21.7 Å². The fourth-order valence-electron chi connectivity index (χ4n) is 6.73. The summed E-state index contributed by atoms with van der Waals surface area (Å²) in [6, 6.07) is 9.37. The number of benzene rings is 3. The molecular weight excluding hydrogens is 727 g/mol. The Bertz CT molecular complexity index is 2060. The first-order chi connectivity index (χ1) is 24.6. The Morgan fingerprint density at radius 2 is 1.54 bits per heavy atom. The molecule has 3 aromatic carbocycles. The van der Waals surface area contributed by atoms with E-state index in [1.807, 2.05) is 12.1 Å². The van der Waals surface area contributed by atoms with E-state index in [1.54, 1.807) is 12.1 Å². The summed E-state index contributed by atoms with van der Waals surface area (Å²) in [6.45, 7) is 6.49. The van der Waals surface area contributed by atoms with Crippen molar-refractivity contribution in [2.24, 2.45) is 0 Å². The minimum Gasteiger partial charge on any atom is -0.360 e. The molecule has 4 aromatic rings. The molecule has 2 heterocycles. The molecule has 6 rings (SSSR count). The van der Waals surface area contributed by atoms with Crippen molar-refractivity contribution in [2.75, 3.05) is 18.1 Å². The number of fused-ring (bicyclic) bond motifs is 1. The van der Waals surface area contributed by atoms with Gasteiger partial charge in [-0.3, -0.25) is 4.79 Å². The van der Waals surface area contributed by atoms with Crippen LogP contribution in [-0.4, -0.2) is 55.7 Å². The van der Waals surface area contributed by atoms with Gasteiger partial charge in [-0.1, -0.05) is 63.2 Å². The first kappa shape index (κ1) is 38.0. The van der Waals surface area contributed by atoms with Gasteiger partial charge >= 0.3 is 0 Å². The highest BCUT2D eigenvalue weighted by atomic mass is 32.2. The summed E-state index contributed by atoms with van der Waals surface area (Å²) in [4.78, 5) is 13.3. The van der Waals surface area contributed by atoms with Gasteiger partial charge in [0.25, 0.3) is 0 Å². The topological polar surface area (TPSA) is 84.7 Å². The fraction of sp³-hybridized carbons (Fsp3) is 0.444. The second kappa shape index (κ2) is 15.0. The minimum atomic E-state index is -5.42. The number of amides is 1. The summed E-state index contributed by atoms with van der Waals surface area (Å²) >= 11 is 0. The second-order valence-corrected chi connectivity index (χ2v) is 22.1. The number of hydrogen-bond acceptors (Lipinski definition) is 5. The van der Waals surface area contributed by atoms with Crippen molar-refractivity contribution >= 4 is 40.6 Å². The maximum Gasteiger partial charge on any atom is 0.249 e. The molecule has 0 spiro atoms. The number of carbonyl (C=O) groups excluding carboxylic acids is 1. The number of halogens is 6. The summed E-state index contributed by atoms with van der Waals surface area (Å²) in [7, 11) is -6.81. The maximum absolute atomic E-state index is 16.0. The van der Waals surface area contributed by atoms with Crippen molar-refractivity contribution in [3.05, 3.63) is 88.6 Å². The van der Waals surface area contributed by atoms with Gasteiger partial charge in [0.15, 0.2) is 28.2 Å². The van der Waals surface area contributed by atoms with E-state index in [0.717, 1.165) is 42.2 Å². The molecule has 1 saturated heterocycles. The van der Waals surface area contributed by atoms with Crippen molar-refractivity contribution in [2.45, 2.75) is 94.3 Å². The van der Waals surface area contributed by atoms with Crippen LogP contribution < -0.4 is 4.90 Å². The van der Waals surface area contributed by atoms with Gasteiger partial charge in [-0.2, -0.15) is 9.40 Å². The number of rotatable bonds is 12. The van der Waals surface area contributed by atoms with E-state index < -0.39 is 76.4 Å². The van der Waals surface area contributed by atoms with Crippen LogP contribution in [0.1, 0.15) is 55.6 Å². The summed E-state index contributed by atoms with van der Waals surface area (Å²) in [5.74, 6) is -13.9. The maximum atomic E-state index is 16.0. The van der Waals surface area contributed by atoms with Crippen LogP contribution in [-0.2, 0) is 32.8 Å². The zero-order valence-corrected chi connectivity index (χ0v) is 30.9. The molecule has 52 heavy (non-hydrogen) atoms. The van der Waals surface area contributed by atoms with Crippen LogP contribution in [0.15, 0.2) is 47.5 Å². The highest BCUT2D eigenvalue weighted by Gasteiger charge is 2.48. The SMILES string of the molecule is C[Si](C)(C)CCOCn1ncc2cc(F)c(N(Cc3ccc(C4CCCCC4)cc3)C(=O)C3CCN3S(=O)(=O)c3c(F)c(F)c(F)c(F)c3F)cc21. The average Bonchev–Trinajstić information content (AvgIpc) is 3.47. The van der Waals surface area contributed by atoms with Crippen LogP contribution in [0.25, 0.3) is 10.9 Å². The number of ether oxygens (including phenoxy) is 1.